The molecule has 0 aliphatic heterocycles. The van der Waals surface area contributed by atoms with Crippen LogP contribution in [-0.4, -0.2) is 31.2 Å². The lowest BCUT2D eigenvalue weighted by atomic mass is 9.61. The van der Waals surface area contributed by atoms with Crippen molar-refractivity contribution < 1.29 is 9.53 Å². The Hall–Kier alpha value is -0.610. The first-order chi connectivity index (χ1) is 8.62. The summed E-state index contributed by atoms with van der Waals surface area (Å²) in [5, 5.41) is 3.03. The summed E-state index contributed by atoms with van der Waals surface area (Å²) in [5.41, 5.74) is 5.75. The van der Waals surface area contributed by atoms with Crippen molar-refractivity contribution in [2.24, 2.45) is 23.0 Å². The van der Waals surface area contributed by atoms with Crippen LogP contribution >= 0.6 is 0 Å². The molecule has 0 bridgehead atoms. The predicted octanol–water partition coefficient (Wildman–Crippen LogP) is 1.93. The zero-order valence-electron chi connectivity index (χ0n) is 13.2. The van der Waals surface area contributed by atoms with Crippen LogP contribution in [0, 0.1) is 17.3 Å². The Morgan fingerprint density at radius 1 is 1.42 bits per heavy atom. The third-order valence-corrected chi connectivity index (χ3v) is 5.06. The van der Waals surface area contributed by atoms with Gasteiger partial charge in [0.05, 0.1) is 5.60 Å². The lowest BCUT2D eigenvalue weighted by molar-refractivity contribution is -0.133. The van der Waals surface area contributed by atoms with Crippen LogP contribution in [0.25, 0.3) is 0 Å². The summed E-state index contributed by atoms with van der Waals surface area (Å²) >= 11 is 0. The number of amides is 1. The van der Waals surface area contributed by atoms with Crippen LogP contribution in [0.4, 0.5) is 0 Å². The maximum atomic E-state index is 12.4. The summed E-state index contributed by atoms with van der Waals surface area (Å²) < 4.78 is 5.33. The van der Waals surface area contributed by atoms with Gasteiger partial charge >= 0.3 is 0 Å². The Kier molecular flexibility index (Phi) is 5.02. The summed E-state index contributed by atoms with van der Waals surface area (Å²) in [6, 6.07) is 0.203. The van der Waals surface area contributed by atoms with Crippen molar-refractivity contribution in [1.82, 2.24) is 5.32 Å². The monoisotopic (exact) mass is 270 g/mol. The lowest BCUT2D eigenvalue weighted by Crippen LogP contribution is -2.53. The standard InChI is InChI=1S/C15H30N2O2/c1-10-12(16)8-7-11(15(10,4)5)13(18)17-9-14(2,3)19-6/h10-12H,7-9,16H2,1-6H3,(H,17,18). The zero-order chi connectivity index (χ0) is 14.8. The first-order valence-electron chi connectivity index (χ1n) is 7.20. The molecule has 1 aliphatic rings. The molecule has 19 heavy (non-hydrogen) atoms. The van der Waals surface area contributed by atoms with Crippen molar-refractivity contribution in [2.75, 3.05) is 13.7 Å². The fraction of sp³-hybridized carbons (Fsp3) is 0.933. The molecular formula is C15H30N2O2. The molecule has 1 amide bonds. The van der Waals surface area contributed by atoms with Gasteiger partial charge in [0.1, 0.15) is 0 Å². The highest BCUT2D eigenvalue weighted by Gasteiger charge is 2.45. The van der Waals surface area contributed by atoms with Gasteiger partial charge in [-0.05, 0) is 38.0 Å². The molecule has 3 atom stereocenters. The van der Waals surface area contributed by atoms with E-state index >= 15 is 0 Å². The average Bonchev–Trinajstić information content (AvgIpc) is 2.33. The minimum atomic E-state index is -0.323. The van der Waals surface area contributed by atoms with E-state index in [1.165, 1.54) is 0 Å². The Morgan fingerprint density at radius 2 is 2.00 bits per heavy atom. The highest BCUT2D eigenvalue weighted by atomic mass is 16.5. The molecule has 4 nitrogen and oxygen atoms in total. The summed E-state index contributed by atoms with van der Waals surface area (Å²) in [5.74, 6) is 0.524. The number of hydrogen-bond donors (Lipinski definition) is 2. The second-order valence-corrected chi connectivity index (χ2v) is 7.09. The maximum Gasteiger partial charge on any atom is 0.223 e. The number of carbonyl (C=O) groups is 1. The van der Waals surface area contributed by atoms with E-state index in [4.69, 9.17) is 10.5 Å². The van der Waals surface area contributed by atoms with Crippen LogP contribution in [0.15, 0.2) is 0 Å². The zero-order valence-corrected chi connectivity index (χ0v) is 13.2. The molecule has 0 spiro atoms. The van der Waals surface area contributed by atoms with Gasteiger partial charge in [-0.15, -0.1) is 0 Å². The van der Waals surface area contributed by atoms with Gasteiger partial charge in [0, 0.05) is 25.6 Å². The smallest absolute Gasteiger partial charge is 0.223 e. The second kappa shape index (κ2) is 5.80. The molecule has 0 radical (unpaired) electrons. The predicted molar refractivity (Wildman–Crippen MR) is 77.7 cm³/mol. The third-order valence-electron chi connectivity index (χ3n) is 5.06. The molecule has 1 rings (SSSR count). The van der Waals surface area contributed by atoms with E-state index in [-0.39, 0.29) is 28.9 Å². The largest absolute Gasteiger partial charge is 0.377 e. The normalized spacial score (nSPS) is 31.0. The molecule has 3 N–H and O–H groups in total. The second-order valence-electron chi connectivity index (χ2n) is 7.09. The number of rotatable bonds is 4. The van der Waals surface area contributed by atoms with Gasteiger partial charge in [-0.25, -0.2) is 0 Å². The molecule has 1 fully saturated rings. The van der Waals surface area contributed by atoms with Crippen molar-refractivity contribution >= 4 is 5.91 Å². The van der Waals surface area contributed by atoms with Gasteiger partial charge in [-0.1, -0.05) is 20.8 Å². The van der Waals surface area contributed by atoms with Gasteiger partial charge in [-0.2, -0.15) is 0 Å². The average molecular weight is 270 g/mol. The number of carbonyl (C=O) groups excluding carboxylic acids is 1. The van der Waals surface area contributed by atoms with Crippen molar-refractivity contribution in [2.45, 2.75) is 59.1 Å². The molecule has 0 aromatic carbocycles. The third kappa shape index (κ3) is 3.69. The molecule has 3 unspecified atom stereocenters. The van der Waals surface area contributed by atoms with Gasteiger partial charge < -0.3 is 15.8 Å². The van der Waals surface area contributed by atoms with Crippen molar-refractivity contribution in [1.29, 1.82) is 0 Å². The van der Waals surface area contributed by atoms with Gasteiger partial charge in [0.2, 0.25) is 5.91 Å². The fourth-order valence-electron chi connectivity index (χ4n) is 2.81. The Balaban J connectivity index is 2.67. The molecule has 4 heteroatoms. The van der Waals surface area contributed by atoms with E-state index in [9.17, 15) is 4.79 Å². The minimum absolute atomic E-state index is 0.0370. The lowest BCUT2D eigenvalue weighted by Gasteiger charge is -2.46. The Labute approximate surface area is 117 Å². The summed E-state index contributed by atoms with van der Waals surface area (Å²) in [4.78, 5) is 12.4. The number of hydrogen-bond acceptors (Lipinski definition) is 3. The van der Waals surface area contributed by atoms with E-state index in [1.807, 2.05) is 13.8 Å². The molecule has 0 saturated heterocycles. The van der Waals surface area contributed by atoms with Crippen molar-refractivity contribution in [3.63, 3.8) is 0 Å². The first kappa shape index (κ1) is 16.4. The van der Waals surface area contributed by atoms with Gasteiger partial charge in [-0.3, -0.25) is 4.79 Å². The topological polar surface area (TPSA) is 64.3 Å². The quantitative estimate of drug-likeness (QED) is 0.820. The highest BCUT2D eigenvalue weighted by Crippen LogP contribution is 2.44. The number of nitrogens with one attached hydrogen (secondary N) is 1. The van der Waals surface area contributed by atoms with Crippen molar-refractivity contribution in [3.05, 3.63) is 0 Å². The molecule has 112 valence electrons. The highest BCUT2D eigenvalue weighted by molar-refractivity contribution is 5.79. The van der Waals surface area contributed by atoms with Crippen LogP contribution in [0.3, 0.4) is 0 Å². The van der Waals surface area contributed by atoms with Crippen LogP contribution in [-0.2, 0) is 9.53 Å². The van der Waals surface area contributed by atoms with Crippen LogP contribution in [0.1, 0.15) is 47.5 Å². The maximum absolute atomic E-state index is 12.4. The summed E-state index contributed by atoms with van der Waals surface area (Å²) in [7, 11) is 1.66. The van der Waals surface area contributed by atoms with Crippen molar-refractivity contribution in [3.8, 4) is 0 Å². The number of nitrogens with two attached hydrogens (primary N) is 1. The summed E-state index contributed by atoms with van der Waals surface area (Å²) in [6.07, 6.45) is 1.80. The van der Waals surface area contributed by atoms with E-state index < -0.39 is 0 Å². The Bertz CT molecular complexity index is 326. The number of methoxy groups -OCH3 is 1. The molecule has 0 aromatic rings. The van der Waals surface area contributed by atoms with Crippen LogP contribution < -0.4 is 11.1 Å². The first-order valence-corrected chi connectivity index (χ1v) is 7.20. The summed E-state index contributed by atoms with van der Waals surface area (Å²) in [6.45, 7) is 10.9. The van der Waals surface area contributed by atoms with E-state index in [1.54, 1.807) is 7.11 Å². The molecule has 1 aliphatic carbocycles. The Morgan fingerprint density at radius 3 is 2.53 bits per heavy atom. The molecule has 1 saturated carbocycles. The van der Waals surface area contributed by atoms with Gasteiger partial charge in [0.15, 0.2) is 0 Å². The van der Waals surface area contributed by atoms with E-state index in [0.717, 1.165) is 12.8 Å². The minimum Gasteiger partial charge on any atom is -0.377 e. The fourth-order valence-corrected chi connectivity index (χ4v) is 2.81. The van der Waals surface area contributed by atoms with Crippen LogP contribution in [0.5, 0.6) is 0 Å². The van der Waals surface area contributed by atoms with Crippen LogP contribution in [0.2, 0.25) is 0 Å². The number of ether oxygens (including phenoxy) is 1. The molecular weight excluding hydrogens is 240 g/mol. The van der Waals surface area contributed by atoms with E-state index in [0.29, 0.717) is 12.5 Å². The SMILES string of the molecule is COC(C)(C)CNC(=O)C1CCC(N)C(C)C1(C)C. The van der Waals surface area contributed by atoms with E-state index in [2.05, 4.69) is 26.1 Å². The molecule has 0 aromatic heterocycles. The van der Waals surface area contributed by atoms with Gasteiger partial charge in [0.25, 0.3) is 0 Å². The molecule has 0 heterocycles.